The molecule has 0 radical (unpaired) electrons. The quantitative estimate of drug-likeness (QED) is 0.637. The average molecular weight is 264 g/mol. The van der Waals surface area contributed by atoms with E-state index in [0.29, 0.717) is 13.0 Å². The maximum atomic E-state index is 12.3. The summed E-state index contributed by atoms with van der Waals surface area (Å²) in [7, 11) is 0. The van der Waals surface area contributed by atoms with E-state index in [-0.39, 0.29) is 16.8 Å². The molecule has 1 aliphatic heterocycles. The molecule has 1 fully saturated rings. The van der Waals surface area contributed by atoms with Gasteiger partial charge in [-0.05, 0) is 26.2 Å². The van der Waals surface area contributed by atoms with Gasteiger partial charge in [0.1, 0.15) is 17.6 Å². The highest BCUT2D eigenvalue weighted by Gasteiger charge is 2.36. The molecule has 1 heterocycles. The third kappa shape index (κ3) is 2.19. The van der Waals surface area contributed by atoms with Gasteiger partial charge in [-0.15, -0.1) is 0 Å². The van der Waals surface area contributed by atoms with Crippen molar-refractivity contribution in [2.75, 3.05) is 6.61 Å². The lowest BCUT2D eigenvalue weighted by atomic mass is 9.87. The second kappa shape index (κ2) is 4.97. The summed E-state index contributed by atoms with van der Waals surface area (Å²) in [4.78, 5) is 24.1. The summed E-state index contributed by atoms with van der Waals surface area (Å²) in [5.41, 5.74) is 4.74. The van der Waals surface area contributed by atoms with Crippen LogP contribution in [0, 0.1) is 5.41 Å². The number of aliphatic hydroxyl groups is 1. The molecule has 2 rings (SSSR count). The molecular formula is C13H16N2O4. The summed E-state index contributed by atoms with van der Waals surface area (Å²) in [5.74, 6) is -1.58. The predicted molar refractivity (Wildman–Crippen MR) is 67.9 cm³/mol. The number of allylic oxidation sites excluding steroid dienone is 2. The Hall–Kier alpha value is -1.95. The minimum Gasteiger partial charge on any atom is -0.505 e. The van der Waals surface area contributed by atoms with E-state index in [1.165, 1.54) is 6.92 Å². The smallest absolute Gasteiger partial charge is 0.208 e. The topological polar surface area (TPSA) is 113 Å². The van der Waals surface area contributed by atoms with Crippen LogP contribution in [0.1, 0.15) is 26.2 Å². The summed E-state index contributed by atoms with van der Waals surface area (Å²) in [6, 6.07) is 0. The van der Waals surface area contributed by atoms with Crippen LogP contribution in [-0.2, 0) is 14.3 Å². The van der Waals surface area contributed by atoms with Crippen LogP contribution >= 0.6 is 0 Å². The fourth-order valence-corrected chi connectivity index (χ4v) is 2.23. The van der Waals surface area contributed by atoms with Crippen LogP contribution in [0.25, 0.3) is 0 Å². The summed E-state index contributed by atoms with van der Waals surface area (Å²) in [6.45, 7) is 1.85. The lowest BCUT2D eigenvalue weighted by molar-refractivity contribution is -0.129. The monoisotopic (exact) mass is 264 g/mol. The van der Waals surface area contributed by atoms with Crippen LogP contribution in [0.2, 0.25) is 0 Å². The lowest BCUT2D eigenvalue weighted by Gasteiger charge is -2.25. The standard InChI is InChI=1S/C13H16N2O4/c1-6-11(16)9(14)8(10(15)12(6)17)13(18)7-4-2-3-5-19-7/h7,14,16H,2-5,15H2,1H3. The Bertz CT molecular complexity index is 525. The Kier molecular flexibility index (Phi) is 3.53. The van der Waals surface area contributed by atoms with Gasteiger partial charge in [-0.2, -0.15) is 0 Å². The fourth-order valence-electron chi connectivity index (χ4n) is 2.23. The molecule has 0 saturated carbocycles. The molecular weight excluding hydrogens is 248 g/mol. The maximum absolute atomic E-state index is 12.3. The Balaban J connectivity index is 2.35. The molecule has 1 atom stereocenters. The zero-order valence-corrected chi connectivity index (χ0v) is 10.7. The Morgan fingerprint density at radius 3 is 2.74 bits per heavy atom. The number of ether oxygens (including phenoxy) is 1. The number of nitrogens with one attached hydrogen (secondary N) is 1. The molecule has 0 bridgehead atoms. The molecule has 0 aromatic rings. The Morgan fingerprint density at radius 1 is 1.47 bits per heavy atom. The van der Waals surface area contributed by atoms with Crippen LogP contribution in [0.3, 0.4) is 0 Å². The summed E-state index contributed by atoms with van der Waals surface area (Å²) in [5, 5.41) is 17.5. The first-order chi connectivity index (χ1) is 8.95. The number of carbonyl (C=O) groups is 2. The van der Waals surface area contributed by atoms with Crippen LogP contribution in [-0.4, -0.2) is 35.1 Å². The van der Waals surface area contributed by atoms with E-state index in [1.54, 1.807) is 0 Å². The van der Waals surface area contributed by atoms with Crippen LogP contribution in [0.5, 0.6) is 0 Å². The van der Waals surface area contributed by atoms with Crippen molar-refractivity contribution in [2.24, 2.45) is 5.73 Å². The highest BCUT2D eigenvalue weighted by atomic mass is 16.5. The van der Waals surface area contributed by atoms with E-state index >= 15 is 0 Å². The fraction of sp³-hybridized carbons (Fsp3) is 0.462. The Morgan fingerprint density at radius 2 is 2.16 bits per heavy atom. The van der Waals surface area contributed by atoms with Crippen LogP contribution in [0.4, 0.5) is 0 Å². The third-order valence-electron chi connectivity index (χ3n) is 3.42. The number of hydrogen-bond donors (Lipinski definition) is 3. The molecule has 19 heavy (non-hydrogen) atoms. The number of carbonyl (C=O) groups excluding carboxylic acids is 2. The van der Waals surface area contributed by atoms with Gasteiger partial charge in [-0.25, -0.2) is 0 Å². The Labute approximate surface area is 110 Å². The van der Waals surface area contributed by atoms with E-state index < -0.39 is 29.1 Å². The van der Waals surface area contributed by atoms with Gasteiger partial charge in [0.2, 0.25) is 5.78 Å². The SMILES string of the molecule is CC1=C(O)C(=N)C(C(=O)C2CCCCO2)=C(N)C1=O. The van der Waals surface area contributed by atoms with Crippen molar-refractivity contribution >= 4 is 17.3 Å². The predicted octanol–water partition coefficient (Wildman–Crippen LogP) is 0.772. The van der Waals surface area contributed by atoms with Gasteiger partial charge in [-0.3, -0.25) is 15.0 Å². The van der Waals surface area contributed by atoms with Gasteiger partial charge < -0.3 is 15.6 Å². The number of rotatable bonds is 2. The minimum absolute atomic E-state index is 0.0105. The molecule has 2 aliphatic rings. The third-order valence-corrected chi connectivity index (χ3v) is 3.42. The number of aliphatic hydroxyl groups excluding tert-OH is 1. The van der Waals surface area contributed by atoms with Gasteiger partial charge >= 0.3 is 0 Å². The van der Waals surface area contributed by atoms with Crippen molar-refractivity contribution in [1.82, 2.24) is 0 Å². The minimum atomic E-state index is -0.679. The van der Waals surface area contributed by atoms with Gasteiger partial charge in [-0.1, -0.05) is 0 Å². The van der Waals surface area contributed by atoms with Gasteiger partial charge in [0.25, 0.3) is 0 Å². The zero-order chi connectivity index (χ0) is 14.2. The van der Waals surface area contributed by atoms with Crippen LogP contribution < -0.4 is 5.73 Å². The normalized spacial score (nSPS) is 25.0. The molecule has 4 N–H and O–H groups in total. The van der Waals surface area contributed by atoms with Crippen molar-refractivity contribution in [1.29, 1.82) is 5.41 Å². The zero-order valence-electron chi connectivity index (χ0n) is 10.7. The molecule has 1 saturated heterocycles. The van der Waals surface area contributed by atoms with E-state index in [1.807, 2.05) is 0 Å². The van der Waals surface area contributed by atoms with Crippen molar-refractivity contribution in [2.45, 2.75) is 32.3 Å². The highest BCUT2D eigenvalue weighted by Crippen LogP contribution is 2.25. The maximum Gasteiger partial charge on any atom is 0.208 e. The van der Waals surface area contributed by atoms with Gasteiger partial charge in [0.15, 0.2) is 5.78 Å². The molecule has 6 heteroatoms. The molecule has 1 unspecified atom stereocenters. The number of ketones is 2. The number of nitrogens with two attached hydrogens (primary N) is 1. The number of hydrogen-bond acceptors (Lipinski definition) is 6. The average Bonchev–Trinajstić information content (AvgIpc) is 2.44. The van der Waals surface area contributed by atoms with E-state index in [0.717, 1.165) is 12.8 Å². The number of Topliss-reactive ketones (excluding diaryl/α,β-unsaturated/α-hetero) is 2. The summed E-state index contributed by atoms with van der Waals surface area (Å²) < 4.78 is 5.34. The summed E-state index contributed by atoms with van der Waals surface area (Å²) in [6.07, 6.45) is 1.60. The van der Waals surface area contributed by atoms with Crippen molar-refractivity contribution in [3.05, 3.63) is 22.6 Å². The molecule has 1 aliphatic carbocycles. The molecule has 102 valence electrons. The van der Waals surface area contributed by atoms with E-state index in [4.69, 9.17) is 15.9 Å². The van der Waals surface area contributed by atoms with E-state index in [9.17, 15) is 14.7 Å². The largest absolute Gasteiger partial charge is 0.505 e. The summed E-state index contributed by atoms with van der Waals surface area (Å²) >= 11 is 0. The molecule has 0 aromatic heterocycles. The molecule has 0 amide bonds. The lowest BCUT2D eigenvalue weighted by Crippen LogP contribution is -2.37. The molecule has 6 nitrogen and oxygen atoms in total. The highest BCUT2D eigenvalue weighted by molar-refractivity contribution is 6.36. The van der Waals surface area contributed by atoms with Crippen LogP contribution in [0.15, 0.2) is 22.6 Å². The van der Waals surface area contributed by atoms with Crippen molar-refractivity contribution in [3.63, 3.8) is 0 Å². The first-order valence-corrected chi connectivity index (χ1v) is 6.14. The van der Waals surface area contributed by atoms with E-state index in [2.05, 4.69) is 0 Å². The second-order valence-corrected chi connectivity index (χ2v) is 4.69. The second-order valence-electron chi connectivity index (χ2n) is 4.69. The molecule has 0 aromatic carbocycles. The van der Waals surface area contributed by atoms with Gasteiger partial charge in [0.05, 0.1) is 11.3 Å². The van der Waals surface area contributed by atoms with Crippen molar-refractivity contribution < 1.29 is 19.4 Å². The first kappa shape index (κ1) is 13.5. The first-order valence-electron chi connectivity index (χ1n) is 6.14. The molecule has 0 spiro atoms. The van der Waals surface area contributed by atoms with Crippen molar-refractivity contribution in [3.8, 4) is 0 Å². The van der Waals surface area contributed by atoms with Gasteiger partial charge in [0, 0.05) is 12.2 Å².